The minimum absolute atomic E-state index is 0.210. The summed E-state index contributed by atoms with van der Waals surface area (Å²) in [6, 6.07) is 3.43. The van der Waals surface area contributed by atoms with E-state index in [9.17, 15) is 8.78 Å². The van der Waals surface area contributed by atoms with E-state index in [0.29, 0.717) is 15.7 Å². The number of benzene rings is 1. The van der Waals surface area contributed by atoms with Gasteiger partial charge in [-0.25, -0.2) is 18.7 Å². The molecule has 19 heavy (non-hydrogen) atoms. The van der Waals surface area contributed by atoms with Crippen LogP contribution in [0.15, 0.2) is 22.7 Å². The van der Waals surface area contributed by atoms with Crippen LogP contribution in [-0.4, -0.2) is 17.1 Å². The first kappa shape index (κ1) is 13.8. The lowest BCUT2D eigenvalue weighted by molar-refractivity contribution is 0.181. The van der Waals surface area contributed by atoms with Gasteiger partial charge in [-0.15, -0.1) is 0 Å². The fourth-order valence-electron chi connectivity index (χ4n) is 1.51. The Morgan fingerprint density at radius 2 is 2.00 bits per heavy atom. The molecule has 7 heteroatoms. The van der Waals surface area contributed by atoms with Crippen LogP contribution in [0.25, 0.3) is 11.4 Å². The second-order valence-electron chi connectivity index (χ2n) is 3.76. The van der Waals surface area contributed by atoms with E-state index in [0.717, 1.165) is 12.1 Å². The molecule has 100 valence electrons. The van der Waals surface area contributed by atoms with Gasteiger partial charge in [0, 0.05) is 12.7 Å². The molecule has 0 aliphatic rings. The maximum absolute atomic E-state index is 13.2. The van der Waals surface area contributed by atoms with Gasteiger partial charge in [-0.1, -0.05) is 0 Å². The minimum Gasteiger partial charge on any atom is -0.383 e. The minimum atomic E-state index is -0.962. The fraction of sp³-hybridized carbons (Fsp3) is 0.167. The van der Waals surface area contributed by atoms with E-state index in [4.69, 9.17) is 10.5 Å². The van der Waals surface area contributed by atoms with Gasteiger partial charge in [-0.05, 0) is 34.1 Å². The first-order chi connectivity index (χ1) is 9.02. The Morgan fingerprint density at radius 3 is 2.63 bits per heavy atom. The summed E-state index contributed by atoms with van der Waals surface area (Å²) in [4.78, 5) is 8.24. The summed E-state index contributed by atoms with van der Waals surface area (Å²) >= 11 is 3.25. The van der Waals surface area contributed by atoms with E-state index in [1.165, 1.54) is 13.2 Å². The number of nitrogen functional groups attached to an aromatic ring is 1. The Balaban J connectivity index is 2.52. The summed E-state index contributed by atoms with van der Waals surface area (Å²) in [6.07, 6.45) is 0. The number of nitrogens with two attached hydrogens (primary N) is 1. The van der Waals surface area contributed by atoms with Crippen LogP contribution in [0.1, 0.15) is 5.69 Å². The van der Waals surface area contributed by atoms with Crippen molar-refractivity contribution in [2.75, 3.05) is 12.8 Å². The molecule has 0 aliphatic heterocycles. The van der Waals surface area contributed by atoms with E-state index in [-0.39, 0.29) is 18.2 Å². The predicted octanol–water partition coefficient (Wildman–Crippen LogP) is 2.91. The van der Waals surface area contributed by atoms with Gasteiger partial charge in [-0.3, -0.25) is 0 Å². The van der Waals surface area contributed by atoms with Crippen molar-refractivity contribution in [2.24, 2.45) is 0 Å². The topological polar surface area (TPSA) is 61.0 Å². The monoisotopic (exact) mass is 329 g/mol. The fourth-order valence-corrected chi connectivity index (χ4v) is 1.80. The van der Waals surface area contributed by atoms with E-state index in [1.807, 2.05) is 0 Å². The molecule has 0 saturated carbocycles. The molecule has 0 atom stereocenters. The van der Waals surface area contributed by atoms with Crippen LogP contribution in [-0.2, 0) is 11.3 Å². The standard InChI is InChI=1S/C12H10BrF2N3O/c1-19-5-9-10(13)11(16)18-12(17-9)6-2-3-7(14)8(15)4-6/h2-4H,5H2,1H3,(H2,16,17,18). The maximum atomic E-state index is 13.2. The summed E-state index contributed by atoms with van der Waals surface area (Å²) in [7, 11) is 1.52. The van der Waals surface area contributed by atoms with Crippen LogP contribution in [0.2, 0.25) is 0 Å². The lowest BCUT2D eigenvalue weighted by atomic mass is 10.2. The molecule has 1 aromatic heterocycles. The SMILES string of the molecule is COCc1nc(-c2ccc(F)c(F)c2)nc(N)c1Br. The lowest BCUT2D eigenvalue weighted by Gasteiger charge is -2.08. The summed E-state index contributed by atoms with van der Waals surface area (Å²) in [5.74, 6) is -1.46. The number of halogens is 3. The zero-order valence-electron chi connectivity index (χ0n) is 9.95. The van der Waals surface area contributed by atoms with Crippen LogP contribution in [0.3, 0.4) is 0 Å². The molecule has 0 fully saturated rings. The van der Waals surface area contributed by atoms with Gasteiger partial charge in [0.25, 0.3) is 0 Å². The van der Waals surface area contributed by atoms with Gasteiger partial charge in [0.1, 0.15) is 5.82 Å². The molecule has 2 rings (SSSR count). The number of nitrogens with zero attached hydrogens (tertiary/aromatic N) is 2. The third-order valence-electron chi connectivity index (χ3n) is 2.40. The highest BCUT2D eigenvalue weighted by Crippen LogP contribution is 2.26. The quantitative estimate of drug-likeness (QED) is 0.940. The molecule has 1 heterocycles. The molecular weight excluding hydrogens is 320 g/mol. The van der Waals surface area contributed by atoms with Crippen molar-refractivity contribution in [1.29, 1.82) is 0 Å². The Morgan fingerprint density at radius 1 is 1.26 bits per heavy atom. The van der Waals surface area contributed by atoms with Crippen LogP contribution in [0.4, 0.5) is 14.6 Å². The molecule has 0 amide bonds. The van der Waals surface area contributed by atoms with Gasteiger partial charge in [0.2, 0.25) is 0 Å². The van der Waals surface area contributed by atoms with Crippen LogP contribution in [0.5, 0.6) is 0 Å². The van der Waals surface area contributed by atoms with Crippen LogP contribution < -0.4 is 5.73 Å². The lowest BCUT2D eigenvalue weighted by Crippen LogP contribution is -2.04. The van der Waals surface area contributed by atoms with Crippen LogP contribution >= 0.6 is 15.9 Å². The highest BCUT2D eigenvalue weighted by molar-refractivity contribution is 9.10. The van der Waals surface area contributed by atoms with Crippen molar-refractivity contribution in [2.45, 2.75) is 6.61 Å². The largest absolute Gasteiger partial charge is 0.383 e. The van der Waals surface area contributed by atoms with Gasteiger partial charge >= 0.3 is 0 Å². The number of hydrogen-bond acceptors (Lipinski definition) is 4. The molecule has 1 aromatic carbocycles. The van der Waals surface area contributed by atoms with Gasteiger partial charge in [0.15, 0.2) is 17.5 Å². The van der Waals surface area contributed by atoms with Gasteiger partial charge in [-0.2, -0.15) is 0 Å². The highest BCUT2D eigenvalue weighted by atomic mass is 79.9. The van der Waals surface area contributed by atoms with E-state index in [1.54, 1.807) is 0 Å². The molecule has 2 aromatic rings. The second kappa shape index (κ2) is 5.58. The van der Waals surface area contributed by atoms with Gasteiger partial charge < -0.3 is 10.5 Å². The smallest absolute Gasteiger partial charge is 0.162 e. The summed E-state index contributed by atoms with van der Waals surface area (Å²) < 4.78 is 31.6. The third-order valence-corrected chi connectivity index (χ3v) is 3.27. The predicted molar refractivity (Wildman–Crippen MR) is 70.2 cm³/mol. The van der Waals surface area contributed by atoms with Gasteiger partial charge in [0.05, 0.1) is 16.8 Å². The van der Waals surface area contributed by atoms with E-state index < -0.39 is 11.6 Å². The van der Waals surface area contributed by atoms with Crippen molar-refractivity contribution < 1.29 is 13.5 Å². The van der Waals surface area contributed by atoms with E-state index >= 15 is 0 Å². The number of rotatable bonds is 3. The molecule has 0 saturated heterocycles. The number of hydrogen-bond donors (Lipinski definition) is 1. The maximum Gasteiger partial charge on any atom is 0.162 e. The molecule has 0 aliphatic carbocycles. The van der Waals surface area contributed by atoms with E-state index in [2.05, 4.69) is 25.9 Å². The number of aromatic nitrogens is 2. The number of methoxy groups -OCH3 is 1. The van der Waals surface area contributed by atoms with Crippen molar-refractivity contribution in [1.82, 2.24) is 9.97 Å². The van der Waals surface area contributed by atoms with Crippen molar-refractivity contribution in [3.63, 3.8) is 0 Å². The molecule has 0 bridgehead atoms. The molecular formula is C12H10BrF2N3O. The van der Waals surface area contributed by atoms with Crippen molar-refractivity contribution >= 4 is 21.7 Å². The molecule has 0 spiro atoms. The third kappa shape index (κ3) is 2.87. The summed E-state index contributed by atoms with van der Waals surface area (Å²) in [5, 5.41) is 0. The zero-order valence-corrected chi connectivity index (χ0v) is 11.5. The second-order valence-corrected chi connectivity index (χ2v) is 4.55. The normalized spacial score (nSPS) is 10.7. The Labute approximate surface area is 116 Å². The molecule has 4 nitrogen and oxygen atoms in total. The zero-order chi connectivity index (χ0) is 14.0. The van der Waals surface area contributed by atoms with Crippen LogP contribution in [0, 0.1) is 11.6 Å². The van der Waals surface area contributed by atoms with Crippen molar-refractivity contribution in [3.8, 4) is 11.4 Å². The highest BCUT2D eigenvalue weighted by Gasteiger charge is 2.13. The number of ether oxygens (including phenoxy) is 1. The molecule has 0 unspecified atom stereocenters. The molecule has 0 radical (unpaired) electrons. The van der Waals surface area contributed by atoms with Crippen molar-refractivity contribution in [3.05, 3.63) is 40.0 Å². The Bertz CT molecular complexity index is 622. The Hall–Kier alpha value is -1.60. The summed E-state index contributed by atoms with van der Waals surface area (Å²) in [5.41, 5.74) is 6.62. The molecule has 2 N–H and O–H groups in total. The average Bonchev–Trinajstić information content (AvgIpc) is 2.38. The first-order valence-corrected chi connectivity index (χ1v) is 6.08. The first-order valence-electron chi connectivity index (χ1n) is 5.29. The Kier molecular flexibility index (Phi) is 4.06. The summed E-state index contributed by atoms with van der Waals surface area (Å²) in [6.45, 7) is 0.226. The number of anilines is 1. The average molecular weight is 330 g/mol.